The van der Waals surface area contributed by atoms with Crippen LogP contribution in [0.5, 0.6) is 0 Å². The summed E-state index contributed by atoms with van der Waals surface area (Å²) in [5.74, 6) is -0.0703. The number of amides is 1. The SMILES string of the molecule is CC(=O)Nc1ccc(NCc2cccc(Br)n2)cc1. The number of carbonyl (C=O) groups excluding carboxylic acids is 1. The normalized spacial score (nSPS) is 10.0. The molecule has 0 fully saturated rings. The third-order valence-electron chi connectivity index (χ3n) is 2.45. The van der Waals surface area contributed by atoms with Crippen molar-refractivity contribution >= 4 is 33.2 Å². The maximum atomic E-state index is 10.9. The standard InChI is InChI=1S/C14H14BrN3O/c1-10(19)17-12-7-5-11(6-8-12)16-9-13-3-2-4-14(15)18-13/h2-8,16H,9H2,1H3,(H,17,19). The van der Waals surface area contributed by atoms with Crippen LogP contribution >= 0.6 is 15.9 Å². The number of anilines is 2. The highest BCUT2D eigenvalue weighted by Crippen LogP contribution is 2.14. The first-order chi connectivity index (χ1) is 9.13. The number of nitrogens with zero attached hydrogens (tertiary/aromatic N) is 1. The predicted molar refractivity (Wildman–Crippen MR) is 80.0 cm³/mol. The van der Waals surface area contributed by atoms with Crippen LogP contribution in [0.3, 0.4) is 0 Å². The molecule has 2 N–H and O–H groups in total. The first-order valence-electron chi connectivity index (χ1n) is 5.86. The highest BCUT2D eigenvalue weighted by atomic mass is 79.9. The van der Waals surface area contributed by atoms with Crippen LogP contribution in [0.25, 0.3) is 0 Å². The lowest BCUT2D eigenvalue weighted by Crippen LogP contribution is -2.06. The number of carbonyl (C=O) groups is 1. The van der Waals surface area contributed by atoms with Crippen LogP contribution in [0, 0.1) is 0 Å². The van der Waals surface area contributed by atoms with Gasteiger partial charge in [-0.15, -0.1) is 0 Å². The summed E-state index contributed by atoms with van der Waals surface area (Å²) >= 11 is 3.34. The van der Waals surface area contributed by atoms with Gasteiger partial charge < -0.3 is 10.6 Å². The zero-order valence-corrected chi connectivity index (χ0v) is 12.1. The monoisotopic (exact) mass is 319 g/mol. The highest BCUT2D eigenvalue weighted by Gasteiger charge is 1.98. The summed E-state index contributed by atoms with van der Waals surface area (Å²) in [4.78, 5) is 15.2. The molecule has 0 spiro atoms. The van der Waals surface area contributed by atoms with Crippen LogP contribution in [-0.4, -0.2) is 10.9 Å². The Bertz CT molecular complexity index is 569. The topological polar surface area (TPSA) is 54.0 Å². The van der Waals surface area contributed by atoms with Gasteiger partial charge in [0.05, 0.1) is 12.2 Å². The van der Waals surface area contributed by atoms with Gasteiger partial charge in [-0.25, -0.2) is 4.98 Å². The summed E-state index contributed by atoms with van der Waals surface area (Å²) in [7, 11) is 0. The smallest absolute Gasteiger partial charge is 0.221 e. The van der Waals surface area contributed by atoms with Gasteiger partial charge in [-0.2, -0.15) is 0 Å². The minimum Gasteiger partial charge on any atom is -0.379 e. The molecule has 0 aliphatic heterocycles. The third kappa shape index (κ3) is 4.37. The molecular weight excluding hydrogens is 306 g/mol. The third-order valence-corrected chi connectivity index (χ3v) is 2.89. The molecule has 5 heteroatoms. The van der Waals surface area contributed by atoms with Crippen molar-refractivity contribution in [2.75, 3.05) is 10.6 Å². The fourth-order valence-corrected chi connectivity index (χ4v) is 2.00. The van der Waals surface area contributed by atoms with Crippen molar-refractivity contribution in [2.45, 2.75) is 13.5 Å². The van der Waals surface area contributed by atoms with E-state index in [2.05, 4.69) is 31.5 Å². The van der Waals surface area contributed by atoms with E-state index >= 15 is 0 Å². The Morgan fingerprint density at radius 3 is 2.47 bits per heavy atom. The number of halogens is 1. The molecule has 0 unspecified atom stereocenters. The Balaban J connectivity index is 1.94. The average Bonchev–Trinajstić information content (AvgIpc) is 2.37. The molecule has 0 atom stereocenters. The van der Waals surface area contributed by atoms with E-state index < -0.39 is 0 Å². The molecule has 0 aliphatic carbocycles. The lowest BCUT2D eigenvalue weighted by atomic mass is 10.2. The molecule has 1 heterocycles. The average molecular weight is 320 g/mol. The zero-order valence-electron chi connectivity index (χ0n) is 10.5. The Hall–Kier alpha value is -1.88. The first kappa shape index (κ1) is 13.5. The first-order valence-corrected chi connectivity index (χ1v) is 6.66. The van der Waals surface area contributed by atoms with E-state index in [-0.39, 0.29) is 5.91 Å². The lowest BCUT2D eigenvalue weighted by Gasteiger charge is -2.07. The van der Waals surface area contributed by atoms with Crippen molar-refractivity contribution in [3.63, 3.8) is 0 Å². The highest BCUT2D eigenvalue weighted by molar-refractivity contribution is 9.10. The lowest BCUT2D eigenvalue weighted by molar-refractivity contribution is -0.114. The number of benzene rings is 1. The molecule has 19 heavy (non-hydrogen) atoms. The van der Waals surface area contributed by atoms with Gasteiger partial charge in [-0.3, -0.25) is 4.79 Å². The minimum absolute atomic E-state index is 0.0703. The quantitative estimate of drug-likeness (QED) is 0.849. The van der Waals surface area contributed by atoms with Crippen molar-refractivity contribution in [3.8, 4) is 0 Å². The molecule has 0 bridgehead atoms. The van der Waals surface area contributed by atoms with Gasteiger partial charge in [0.1, 0.15) is 4.60 Å². The molecule has 1 amide bonds. The molecule has 1 aromatic heterocycles. The number of rotatable bonds is 4. The van der Waals surface area contributed by atoms with E-state index in [1.807, 2.05) is 42.5 Å². The molecule has 0 saturated heterocycles. The molecule has 0 saturated carbocycles. The van der Waals surface area contributed by atoms with Crippen LogP contribution in [0.1, 0.15) is 12.6 Å². The van der Waals surface area contributed by atoms with Crippen molar-refractivity contribution in [2.24, 2.45) is 0 Å². The Morgan fingerprint density at radius 2 is 1.84 bits per heavy atom. The van der Waals surface area contributed by atoms with Crippen molar-refractivity contribution in [1.82, 2.24) is 4.98 Å². The van der Waals surface area contributed by atoms with E-state index in [1.54, 1.807) is 0 Å². The molecule has 2 rings (SSSR count). The van der Waals surface area contributed by atoms with Crippen LogP contribution in [-0.2, 0) is 11.3 Å². The summed E-state index contributed by atoms with van der Waals surface area (Å²) in [5, 5.41) is 6.00. The molecule has 2 aromatic rings. The van der Waals surface area contributed by atoms with Crippen molar-refractivity contribution in [1.29, 1.82) is 0 Å². The van der Waals surface area contributed by atoms with E-state index in [1.165, 1.54) is 6.92 Å². The largest absolute Gasteiger partial charge is 0.379 e. The minimum atomic E-state index is -0.0703. The fraction of sp³-hybridized carbons (Fsp3) is 0.143. The van der Waals surface area contributed by atoms with Crippen LogP contribution in [0.15, 0.2) is 47.1 Å². The second-order valence-electron chi connectivity index (χ2n) is 4.06. The molecule has 4 nitrogen and oxygen atoms in total. The van der Waals surface area contributed by atoms with Crippen LogP contribution in [0.4, 0.5) is 11.4 Å². The van der Waals surface area contributed by atoms with Crippen LogP contribution < -0.4 is 10.6 Å². The van der Waals surface area contributed by atoms with E-state index in [4.69, 9.17) is 0 Å². The Morgan fingerprint density at radius 1 is 1.16 bits per heavy atom. The van der Waals surface area contributed by atoms with Crippen LogP contribution in [0.2, 0.25) is 0 Å². The van der Waals surface area contributed by atoms with E-state index in [0.717, 1.165) is 21.7 Å². The number of pyridine rings is 1. The Labute approximate surface area is 120 Å². The molecule has 0 aliphatic rings. The van der Waals surface area contributed by atoms with Gasteiger partial charge in [0, 0.05) is 18.3 Å². The second kappa shape index (κ2) is 6.33. The molecule has 0 radical (unpaired) electrons. The number of hydrogen-bond donors (Lipinski definition) is 2. The summed E-state index contributed by atoms with van der Waals surface area (Å²) in [6.45, 7) is 2.14. The number of nitrogens with one attached hydrogen (secondary N) is 2. The molecule has 1 aromatic carbocycles. The zero-order chi connectivity index (χ0) is 13.7. The maximum Gasteiger partial charge on any atom is 0.221 e. The maximum absolute atomic E-state index is 10.9. The van der Waals surface area contributed by atoms with E-state index in [9.17, 15) is 4.79 Å². The summed E-state index contributed by atoms with van der Waals surface area (Å²) in [5.41, 5.74) is 2.73. The number of aromatic nitrogens is 1. The number of hydrogen-bond acceptors (Lipinski definition) is 3. The molecular formula is C14H14BrN3O. The van der Waals surface area contributed by atoms with Gasteiger partial charge in [0.25, 0.3) is 0 Å². The second-order valence-corrected chi connectivity index (χ2v) is 4.88. The predicted octanol–water partition coefficient (Wildman–Crippen LogP) is 3.41. The van der Waals surface area contributed by atoms with Gasteiger partial charge in [0.15, 0.2) is 0 Å². The summed E-state index contributed by atoms with van der Waals surface area (Å²) < 4.78 is 0.827. The van der Waals surface area contributed by atoms with Gasteiger partial charge in [-0.05, 0) is 52.3 Å². The van der Waals surface area contributed by atoms with Crippen molar-refractivity contribution < 1.29 is 4.79 Å². The molecule has 98 valence electrons. The summed E-state index contributed by atoms with van der Waals surface area (Å²) in [6.07, 6.45) is 0. The van der Waals surface area contributed by atoms with Gasteiger partial charge in [-0.1, -0.05) is 6.07 Å². The van der Waals surface area contributed by atoms with Gasteiger partial charge >= 0.3 is 0 Å². The summed E-state index contributed by atoms with van der Waals surface area (Å²) in [6, 6.07) is 13.4. The fourth-order valence-electron chi connectivity index (χ4n) is 1.62. The Kier molecular flexibility index (Phi) is 4.52. The van der Waals surface area contributed by atoms with E-state index in [0.29, 0.717) is 6.54 Å². The van der Waals surface area contributed by atoms with Crippen molar-refractivity contribution in [3.05, 3.63) is 52.8 Å². The van der Waals surface area contributed by atoms with Gasteiger partial charge in [0.2, 0.25) is 5.91 Å².